The Bertz CT molecular complexity index is 1250. The second-order valence-electron chi connectivity index (χ2n) is 9.66. The summed E-state index contributed by atoms with van der Waals surface area (Å²) in [4.78, 5) is 34.9. The quantitative estimate of drug-likeness (QED) is 0.554. The summed E-state index contributed by atoms with van der Waals surface area (Å²) in [7, 11) is 2.12. The number of anilines is 2. The standard InChI is InChI=1S/C28H33N5O2/c1-19-16-24(22-8-4-5-9-23(22)30-19)31-28(35)27(34)29-18-26(33-13-6-3-7-14-33)20-10-11-25-21(17-20)12-15-32(25)2/h4-5,8-11,16-17,26H,3,6-7,12-15,18H2,1-2H3,(H,29,34)(H,30,31,35)/t26-/m1/s1. The molecule has 3 heterocycles. The van der Waals surface area contributed by atoms with Crippen LogP contribution in [0.4, 0.5) is 11.4 Å². The third kappa shape index (κ3) is 5.00. The number of likely N-dealkylation sites (N-methyl/N-ethyl adjacent to an activating group) is 1. The minimum Gasteiger partial charge on any atom is -0.374 e. The zero-order chi connectivity index (χ0) is 24.4. The number of aryl methyl sites for hydroxylation is 1. The number of hydrogen-bond donors (Lipinski definition) is 2. The molecule has 7 heteroatoms. The number of carbonyl (C=O) groups is 2. The van der Waals surface area contributed by atoms with Crippen LogP contribution in [0.1, 0.15) is 42.1 Å². The van der Waals surface area contributed by atoms with Crippen LogP contribution in [0.5, 0.6) is 0 Å². The third-order valence-electron chi connectivity index (χ3n) is 7.20. The van der Waals surface area contributed by atoms with E-state index in [0.717, 1.165) is 55.5 Å². The Morgan fingerprint density at radius 3 is 2.63 bits per heavy atom. The van der Waals surface area contributed by atoms with Gasteiger partial charge in [0, 0.05) is 36.9 Å². The Hall–Kier alpha value is -3.45. The molecule has 2 amide bonds. The predicted octanol–water partition coefficient (Wildman–Crippen LogP) is 3.82. The van der Waals surface area contributed by atoms with E-state index in [2.05, 4.69) is 50.7 Å². The van der Waals surface area contributed by atoms with Crippen LogP contribution in [0, 0.1) is 6.92 Å². The molecule has 2 aliphatic rings. The number of piperidine rings is 1. The number of rotatable bonds is 5. The SMILES string of the molecule is Cc1cc(NC(=O)C(=O)NC[C@H](c2ccc3c(c2)CCN3C)N2CCCCC2)c2ccccc2n1. The first-order valence-corrected chi connectivity index (χ1v) is 12.5. The molecule has 5 rings (SSSR count). The first-order chi connectivity index (χ1) is 17.0. The van der Waals surface area contributed by atoms with Crippen LogP contribution in [-0.2, 0) is 16.0 Å². The number of benzene rings is 2. The number of likely N-dealkylation sites (tertiary alicyclic amines) is 1. The zero-order valence-corrected chi connectivity index (χ0v) is 20.5. The van der Waals surface area contributed by atoms with Crippen LogP contribution in [0.25, 0.3) is 10.9 Å². The van der Waals surface area contributed by atoms with Gasteiger partial charge in [-0.1, -0.05) is 36.8 Å². The van der Waals surface area contributed by atoms with E-state index in [1.807, 2.05) is 31.2 Å². The van der Waals surface area contributed by atoms with Gasteiger partial charge in [-0.25, -0.2) is 0 Å². The van der Waals surface area contributed by atoms with Crippen LogP contribution in [0.3, 0.4) is 0 Å². The van der Waals surface area contributed by atoms with Gasteiger partial charge in [-0.05, 0) is 68.6 Å². The lowest BCUT2D eigenvalue weighted by molar-refractivity contribution is -0.136. The van der Waals surface area contributed by atoms with E-state index in [1.165, 1.54) is 23.2 Å². The molecule has 182 valence electrons. The number of amides is 2. The fraction of sp³-hybridized carbons (Fsp3) is 0.393. The zero-order valence-electron chi connectivity index (χ0n) is 20.5. The fourth-order valence-corrected chi connectivity index (χ4v) is 5.34. The Kier molecular flexibility index (Phi) is 6.68. The summed E-state index contributed by atoms with van der Waals surface area (Å²) in [5, 5.41) is 6.53. The molecule has 2 aliphatic heterocycles. The van der Waals surface area contributed by atoms with Crippen molar-refractivity contribution in [2.24, 2.45) is 0 Å². The monoisotopic (exact) mass is 471 g/mol. The topological polar surface area (TPSA) is 77.6 Å². The molecule has 1 fully saturated rings. The van der Waals surface area contributed by atoms with E-state index in [1.54, 1.807) is 6.07 Å². The second kappa shape index (κ2) is 10.0. The summed E-state index contributed by atoms with van der Waals surface area (Å²) < 4.78 is 0. The normalized spacial score (nSPS) is 16.7. The number of pyridine rings is 1. The molecule has 1 atom stereocenters. The Balaban J connectivity index is 1.31. The molecule has 35 heavy (non-hydrogen) atoms. The van der Waals surface area contributed by atoms with Gasteiger partial charge in [0.05, 0.1) is 17.2 Å². The molecular weight excluding hydrogens is 438 g/mol. The minimum atomic E-state index is -0.659. The highest BCUT2D eigenvalue weighted by Crippen LogP contribution is 2.32. The minimum absolute atomic E-state index is 0.0484. The van der Waals surface area contributed by atoms with E-state index >= 15 is 0 Å². The van der Waals surface area contributed by atoms with Crippen molar-refractivity contribution in [3.8, 4) is 0 Å². The van der Waals surface area contributed by atoms with Crippen molar-refractivity contribution < 1.29 is 9.59 Å². The molecule has 1 saturated heterocycles. The molecule has 0 spiro atoms. The maximum Gasteiger partial charge on any atom is 0.313 e. The lowest BCUT2D eigenvalue weighted by Crippen LogP contribution is -2.43. The second-order valence-corrected chi connectivity index (χ2v) is 9.66. The lowest BCUT2D eigenvalue weighted by Gasteiger charge is -2.35. The van der Waals surface area contributed by atoms with E-state index in [-0.39, 0.29) is 6.04 Å². The maximum atomic E-state index is 12.9. The van der Waals surface area contributed by atoms with Crippen LogP contribution in [-0.4, -0.2) is 54.9 Å². The molecule has 0 bridgehead atoms. The largest absolute Gasteiger partial charge is 0.374 e. The number of nitrogens with one attached hydrogen (secondary N) is 2. The highest BCUT2D eigenvalue weighted by atomic mass is 16.2. The average Bonchev–Trinajstić information content (AvgIpc) is 3.24. The highest BCUT2D eigenvalue weighted by molar-refractivity contribution is 6.40. The predicted molar refractivity (Wildman–Crippen MR) is 140 cm³/mol. The average molecular weight is 472 g/mol. The summed E-state index contributed by atoms with van der Waals surface area (Å²) in [6, 6.07) is 16.1. The molecule has 0 aliphatic carbocycles. The van der Waals surface area contributed by atoms with Crippen LogP contribution in [0.2, 0.25) is 0 Å². The molecule has 0 unspecified atom stereocenters. The smallest absolute Gasteiger partial charge is 0.313 e. The van der Waals surface area contributed by atoms with Gasteiger partial charge in [-0.3, -0.25) is 19.5 Å². The van der Waals surface area contributed by atoms with Gasteiger partial charge in [0.2, 0.25) is 0 Å². The van der Waals surface area contributed by atoms with Crippen LogP contribution >= 0.6 is 0 Å². The van der Waals surface area contributed by atoms with Gasteiger partial charge in [-0.2, -0.15) is 0 Å². The van der Waals surface area contributed by atoms with Gasteiger partial charge in [0.15, 0.2) is 0 Å². The van der Waals surface area contributed by atoms with Crippen molar-refractivity contribution in [2.45, 2.75) is 38.6 Å². The van der Waals surface area contributed by atoms with Crippen molar-refractivity contribution in [3.05, 3.63) is 65.4 Å². The summed E-state index contributed by atoms with van der Waals surface area (Å²) in [6.07, 6.45) is 4.60. The Labute approximate surface area is 206 Å². The number of aromatic nitrogens is 1. The van der Waals surface area contributed by atoms with Gasteiger partial charge in [0.1, 0.15) is 0 Å². The van der Waals surface area contributed by atoms with Crippen molar-refractivity contribution in [1.29, 1.82) is 0 Å². The fourth-order valence-electron chi connectivity index (χ4n) is 5.34. The summed E-state index contributed by atoms with van der Waals surface area (Å²) >= 11 is 0. The van der Waals surface area contributed by atoms with E-state index in [0.29, 0.717) is 12.2 Å². The first-order valence-electron chi connectivity index (χ1n) is 12.5. The number of carbonyl (C=O) groups excluding carboxylic acids is 2. The van der Waals surface area contributed by atoms with Gasteiger partial charge in [0.25, 0.3) is 0 Å². The number of hydrogen-bond acceptors (Lipinski definition) is 5. The molecule has 2 N–H and O–H groups in total. The number of nitrogens with zero attached hydrogens (tertiary/aromatic N) is 3. The lowest BCUT2D eigenvalue weighted by atomic mass is 9.98. The first kappa shape index (κ1) is 23.3. The van der Waals surface area contributed by atoms with Crippen molar-refractivity contribution >= 4 is 34.1 Å². The van der Waals surface area contributed by atoms with Crippen LogP contribution in [0.15, 0.2) is 48.5 Å². The van der Waals surface area contributed by atoms with Gasteiger partial charge < -0.3 is 15.5 Å². The van der Waals surface area contributed by atoms with Gasteiger partial charge in [-0.15, -0.1) is 0 Å². The molecule has 3 aromatic rings. The van der Waals surface area contributed by atoms with E-state index in [4.69, 9.17) is 0 Å². The van der Waals surface area contributed by atoms with E-state index < -0.39 is 11.8 Å². The van der Waals surface area contributed by atoms with Crippen LogP contribution < -0.4 is 15.5 Å². The van der Waals surface area contributed by atoms with Gasteiger partial charge >= 0.3 is 11.8 Å². The van der Waals surface area contributed by atoms with Crippen molar-refractivity contribution in [2.75, 3.05) is 43.4 Å². The summed E-state index contributed by atoms with van der Waals surface area (Å²) in [5.41, 5.74) is 6.02. The Morgan fingerprint density at radius 2 is 1.80 bits per heavy atom. The van der Waals surface area contributed by atoms with E-state index in [9.17, 15) is 9.59 Å². The number of para-hydroxylation sites is 1. The molecule has 7 nitrogen and oxygen atoms in total. The molecule has 1 aromatic heterocycles. The maximum absolute atomic E-state index is 12.9. The van der Waals surface area contributed by atoms with Crippen molar-refractivity contribution in [3.63, 3.8) is 0 Å². The van der Waals surface area contributed by atoms with Crippen molar-refractivity contribution in [1.82, 2.24) is 15.2 Å². The molecule has 0 saturated carbocycles. The Morgan fingerprint density at radius 1 is 1.00 bits per heavy atom. The molecular formula is C28H33N5O2. The third-order valence-corrected chi connectivity index (χ3v) is 7.20. The summed E-state index contributed by atoms with van der Waals surface area (Å²) in [6.45, 7) is 5.32. The number of fused-ring (bicyclic) bond motifs is 2. The molecule has 2 aromatic carbocycles. The summed E-state index contributed by atoms with van der Waals surface area (Å²) in [5.74, 6) is -1.28. The molecule has 0 radical (unpaired) electrons. The highest BCUT2D eigenvalue weighted by Gasteiger charge is 2.26.